The maximum atomic E-state index is 9.11. The zero-order valence-electron chi connectivity index (χ0n) is 13.4. The average Bonchev–Trinajstić information content (AvgIpc) is 2.50. The molecule has 0 aromatic carbocycles. The number of hydrogen-bond acceptors (Lipinski definition) is 6. The van der Waals surface area contributed by atoms with Crippen molar-refractivity contribution in [2.75, 3.05) is 37.4 Å². The van der Waals surface area contributed by atoms with E-state index in [0.717, 1.165) is 38.8 Å². The Hall–Kier alpha value is -1.56. The first-order chi connectivity index (χ1) is 10.3. The number of anilines is 2. The Morgan fingerprint density at radius 1 is 1.14 bits per heavy atom. The number of nitrogens with zero attached hydrogens (tertiary/aromatic N) is 2. The van der Waals surface area contributed by atoms with Crippen molar-refractivity contribution in [1.82, 2.24) is 9.97 Å². The van der Waals surface area contributed by atoms with Gasteiger partial charge >= 0.3 is 0 Å². The molecule has 0 aliphatic rings. The SMILES string of the molecule is CCCNc1ncnc(NCC(CCC)CCO)c1OC. The molecule has 1 aromatic heterocycles. The van der Waals surface area contributed by atoms with Gasteiger partial charge in [-0.3, -0.25) is 0 Å². The Morgan fingerprint density at radius 2 is 1.86 bits per heavy atom. The quantitative estimate of drug-likeness (QED) is 0.582. The highest BCUT2D eigenvalue weighted by Gasteiger charge is 2.13. The maximum absolute atomic E-state index is 9.11. The van der Waals surface area contributed by atoms with Crippen LogP contribution in [0.25, 0.3) is 0 Å². The van der Waals surface area contributed by atoms with Crippen LogP contribution in [0, 0.1) is 5.92 Å². The van der Waals surface area contributed by atoms with Gasteiger partial charge in [0, 0.05) is 19.7 Å². The number of methoxy groups -OCH3 is 1. The lowest BCUT2D eigenvalue weighted by Gasteiger charge is -2.18. The summed E-state index contributed by atoms with van der Waals surface area (Å²) < 4.78 is 5.43. The lowest BCUT2D eigenvalue weighted by atomic mass is 10.0. The van der Waals surface area contributed by atoms with E-state index in [2.05, 4.69) is 34.4 Å². The van der Waals surface area contributed by atoms with Crippen LogP contribution in [0.5, 0.6) is 5.75 Å². The molecule has 0 bridgehead atoms. The number of aliphatic hydroxyl groups excluding tert-OH is 1. The highest BCUT2D eigenvalue weighted by atomic mass is 16.5. The summed E-state index contributed by atoms with van der Waals surface area (Å²) in [6.45, 7) is 6.09. The third-order valence-corrected chi connectivity index (χ3v) is 3.34. The van der Waals surface area contributed by atoms with Crippen molar-refractivity contribution in [3.63, 3.8) is 0 Å². The second kappa shape index (κ2) is 10.2. The molecule has 0 saturated carbocycles. The molecule has 0 radical (unpaired) electrons. The fourth-order valence-electron chi connectivity index (χ4n) is 2.24. The summed E-state index contributed by atoms with van der Waals surface area (Å²) >= 11 is 0. The fraction of sp³-hybridized carbons (Fsp3) is 0.733. The molecule has 6 nitrogen and oxygen atoms in total. The molecular formula is C15H28N4O2. The van der Waals surface area contributed by atoms with Crippen molar-refractivity contribution in [3.05, 3.63) is 6.33 Å². The second-order valence-corrected chi connectivity index (χ2v) is 5.08. The topological polar surface area (TPSA) is 79.3 Å². The third kappa shape index (κ3) is 5.75. The minimum atomic E-state index is 0.219. The van der Waals surface area contributed by atoms with E-state index in [1.807, 2.05) is 0 Å². The van der Waals surface area contributed by atoms with E-state index >= 15 is 0 Å². The van der Waals surface area contributed by atoms with Gasteiger partial charge in [0.15, 0.2) is 11.6 Å². The first-order valence-corrected chi connectivity index (χ1v) is 7.74. The number of aliphatic hydroxyl groups is 1. The number of nitrogens with one attached hydrogen (secondary N) is 2. The van der Waals surface area contributed by atoms with Crippen molar-refractivity contribution >= 4 is 11.6 Å². The average molecular weight is 296 g/mol. The van der Waals surface area contributed by atoms with Crippen LogP contribution in [0.1, 0.15) is 39.5 Å². The predicted octanol–water partition coefficient (Wildman–Crippen LogP) is 2.52. The van der Waals surface area contributed by atoms with Gasteiger partial charge in [-0.05, 0) is 25.2 Å². The second-order valence-electron chi connectivity index (χ2n) is 5.08. The molecule has 1 heterocycles. The third-order valence-electron chi connectivity index (χ3n) is 3.34. The van der Waals surface area contributed by atoms with Gasteiger partial charge in [0.2, 0.25) is 5.75 Å². The van der Waals surface area contributed by atoms with Crippen LogP contribution in [-0.4, -0.2) is 41.9 Å². The van der Waals surface area contributed by atoms with E-state index in [0.29, 0.717) is 23.3 Å². The van der Waals surface area contributed by atoms with Gasteiger partial charge in [-0.25, -0.2) is 9.97 Å². The van der Waals surface area contributed by atoms with Crippen LogP contribution >= 0.6 is 0 Å². The Kier molecular flexibility index (Phi) is 8.50. The van der Waals surface area contributed by atoms with Crippen LogP contribution in [-0.2, 0) is 0 Å². The molecule has 0 saturated heterocycles. The van der Waals surface area contributed by atoms with Gasteiger partial charge < -0.3 is 20.5 Å². The Bertz CT molecular complexity index is 395. The highest BCUT2D eigenvalue weighted by molar-refractivity contribution is 5.63. The van der Waals surface area contributed by atoms with Crippen LogP contribution < -0.4 is 15.4 Å². The molecule has 120 valence electrons. The Labute approximate surface area is 127 Å². The van der Waals surface area contributed by atoms with Crippen LogP contribution in [0.4, 0.5) is 11.6 Å². The van der Waals surface area contributed by atoms with Crippen molar-refractivity contribution < 1.29 is 9.84 Å². The first kappa shape index (κ1) is 17.5. The van der Waals surface area contributed by atoms with Gasteiger partial charge in [0.1, 0.15) is 6.33 Å². The molecule has 6 heteroatoms. The molecule has 1 atom stereocenters. The summed E-state index contributed by atoms with van der Waals surface area (Å²) in [6, 6.07) is 0. The standard InChI is InChI=1S/C15H28N4O2/c1-4-6-12(7-9-20)10-17-15-13(21-3)14(16-8-5-2)18-11-19-15/h11-12,20H,4-10H2,1-3H3,(H2,16,17,18,19). The van der Waals surface area contributed by atoms with Gasteiger partial charge in [0.25, 0.3) is 0 Å². The molecule has 3 N–H and O–H groups in total. The smallest absolute Gasteiger partial charge is 0.204 e. The monoisotopic (exact) mass is 296 g/mol. The molecular weight excluding hydrogens is 268 g/mol. The summed E-state index contributed by atoms with van der Waals surface area (Å²) in [7, 11) is 1.62. The van der Waals surface area contributed by atoms with E-state index in [1.54, 1.807) is 7.11 Å². The van der Waals surface area contributed by atoms with E-state index in [4.69, 9.17) is 9.84 Å². The van der Waals surface area contributed by atoms with Gasteiger partial charge in [0.05, 0.1) is 7.11 Å². The first-order valence-electron chi connectivity index (χ1n) is 7.74. The van der Waals surface area contributed by atoms with E-state index < -0.39 is 0 Å². The minimum absolute atomic E-state index is 0.219. The Morgan fingerprint density at radius 3 is 2.43 bits per heavy atom. The minimum Gasteiger partial charge on any atom is -0.490 e. The number of rotatable bonds is 11. The van der Waals surface area contributed by atoms with Crippen molar-refractivity contribution in [2.24, 2.45) is 5.92 Å². The summed E-state index contributed by atoms with van der Waals surface area (Å²) in [5.74, 6) is 2.49. The van der Waals surface area contributed by atoms with E-state index in [1.165, 1.54) is 6.33 Å². The highest BCUT2D eigenvalue weighted by Crippen LogP contribution is 2.29. The maximum Gasteiger partial charge on any atom is 0.204 e. The lowest BCUT2D eigenvalue weighted by molar-refractivity contribution is 0.255. The van der Waals surface area contributed by atoms with Gasteiger partial charge in [-0.1, -0.05) is 20.3 Å². The Balaban J connectivity index is 2.72. The van der Waals surface area contributed by atoms with Crippen LogP contribution in [0.3, 0.4) is 0 Å². The molecule has 1 unspecified atom stereocenters. The lowest BCUT2D eigenvalue weighted by Crippen LogP contribution is -2.17. The zero-order chi connectivity index (χ0) is 15.5. The van der Waals surface area contributed by atoms with Crippen LogP contribution in [0.15, 0.2) is 6.33 Å². The number of aromatic nitrogens is 2. The molecule has 1 rings (SSSR count). The van der Waals surface area contributed by atoms with Crippen molar-refractivity contribution in [1.29, 1.82) is 0 Å². The normalized spacial score (nSPS) is 12.0. The van der Waals surface area contributed by atoms with Gasteiger partial charge in [-0.15, -0.1) is 0 Å². The summed E-state index contributed by atoms with van der Waals surface area (Å²) in [5.41, 5.74) is 0. The molecule has 21 heavy (non-hydrogen) atoms. The van der Waals surface area contributed by atoms with Gasteiger partial charge in [-0.2, -0.15) is 0 Å². The number of ether oxygens (including phenoxy) is 1. The summed E-state index contributed by atoms with van der Waals surface area (Å²) in [5, 5.41) is 15.7. The van der Waals surface area contributed by atoms with Crippen molar-refractivity contribution in [2.45, 2.75) is 39.5 Å². The van der Waals surface area contributed by atoms with E-state index in [9.17, 15) is 0 Å². The summed E-state index contributed by atoms with van der Waals surface area (Å²) in [4.78, 5) is 8.48. The molecule has 0 aliphatic carbocycles. The van der Waals surface area contributed by atoms with E-state index in [-0.39, 0.29) is 6.61 Å². The molecule has 0 fully saturated rings. The number of hydrogen-bond donors (Lipinski definition) is 3. The largest absolute Gasteiger partial charge is 0.490 e. The fourth-order valence-corrected chi connectivity index (χ4v) is 2.24. The van der Waals surface area contributed by atoms with Crippen molar-refractivity contribution in [3.8, 4) is 5.75 Å². The predicted molar refractivity (Wildman–Crippen MR) is 86.0 cm³/mol. The molecule has 1 aromatic rings. The zero-order valence-corrected chi connectivity index (χ0v) is 13.4. The molecule has 0 aliphatic heterocycles. The molecule has 0 amide bonds. The summed E-state index contributed by atoms with van der Waals surface area (Å²) in [6.07, 6.45) is 5.54. The van der Waals surface area contributed by atoms with Crippen LogP contribution in [0.2, 0.25) is 0 Å². The molecule has 0 spiro atoms.